The van der Waals surface area contributed by atoms with Gasteiger partial charge in [-0.3, -0.25) is 4.99 Å². The molecule has 0 aliphatic carbocycles. The van der Waals surface area contributed by atoms with Crippen LogP contribution >= 0.6 is 0 Å². The molecule has 17 heavy (non-hydrogen) atoms. The van der Waals surface area contributed by atoms with Crippen molar-refractivity contribution < 1.29 is 0 Å². The van der Waals surface area contributed by atoms with Crippen molar-refractivity contribution in [1.82, 2.24) is 0 Å². The predicted octanol–water partition coefficient (Wildman–Crippen LogP) is 3.94. The molecule has 0 spiro atoms. The van der Waals surface area contributed by atoms with Crippen LogP contribution in [0.3, 0.4) is 0 Å². The van der Waals surface area contributed by atoms with Gasteiger partial charge in [-0.2, -0.15) is 0 Å². The molecule has 1 aromatic rings. The SMILES string of the molecule is C=CCC(C)(C)c1cc(N(C)C)ccc1N=C. The van der Waals surface area contributed by atoms with Gasteiger partial charge in [0.05, 0.1) is 5.69 Å². The number of benzene rings is 1. The Hall–Kier alpha value is -1.57. The third-order valence-electron chi connectivity index (χ3n) is 3.05. The highest BCUT2D eigenvalue weighted by Crippen LogP contribution is 2.36. The molecule has 1 aromatic carbocycles. The molecule has 0 aromatic heterocycles. The van der Waals surface area contributed by atoms with E-state index in [-0.39, 0.29) is 5.41 Å². The fraction of sp³-hybridized carbons (Fsp3) is 0.400. The molecular formula is C15H22N2. The second-order valence-electron chi connectivity index (χ2n) is 5.13. The topological polar surface area (TPSA) is 15.6 Å². The number of hydrogen-bond donors (Lipinski definition) is 0. The van der Waals surface area contributed by atoms with Crippen molar-refractivity contribution in [2.24, 2.45) is 4.99 Å². The number of hydrogen-bond acceptors (Lipinski definition) is 2. The number of anilines is 1. The summed E-state index contributed by atoms with van der Waals surface area (Å²) in [6, 6.07) is 6.29. The Kier molecular flexibility index (Phi) is 4.11. The first-order valence-electron chi connectivity index (χ1n) is 5.82. The monoisotopic (exact) mass is 230 g/mol. The van der Waals surface area contributed by atoms with Crippen LogP contribution in [0.15, 0.2) is 35.8 Å². The van der Waals surface area contributed by atoms with E-state index in [2.05, 4.69) is 49.2 Å². The minimum atomic E-state index is 0.0320. The minimum absolute atomic E-state index is 0.0320. The average molecular weight is 230 g/mol. The van der Waals surface area contributed by atoms with Gasteiger partial charge < -0.3 is 4.90 Å². The molecule has 0 saturated heterocycles. The second kappa shape index (κ2) is 5.17. The van der Waals surface area contributed by atoms with E-state index in [0.717, 1.165) is 12.1 Å². The summed E-state index contributed by atoms with van der Waals surface area (Å²) in [4.78, 5) is 6.21. The largest absolute Gasteiger partial charge is 0.378 e. The van der Waals surface area contributed by atoms with Crippen LogP contribution in [-0.4, -0.2) is 20.8 Å². The van der Waals surface area contributed by atoms with Crippen LogP contribution in [0.2, 0.25) is 0 Å². The van der Waals surface area contributed by atoms with Gasteiger partial charge in [0.1, 0.15) is 0 Å². The zero-order chi connectivity index (χ0) is 13.1. The maximum atomic E-state index is 4.12. The molecule has 1 rings (SSSR count). The van der Waals surface area contributed by atoms with Crippen LogP contribution in [0.25, 0.3) is 0 Å². The number of allylic oxidation sites excluding steroid dienone is 1. The summed E-state index contributed by atoms with van der Waals surface area (Å²) in [5, 5.41) is 0. The summed E-state index contributed by atoms with van der Waals surface area (Å²) in [6.45, 7) is 11.9. The zero-order valence-electron chi connectivity index (χ0n) is 11.3. The van der Waals surface area contributed by atoms with Gasteiger partial charge in [0.2, 0.25) is 0 Å². The van der Waals surface area contributed by atoms with E-state index >= 15 is 0 Å². The minimum Gasteiger partial charge on any atom is -0.378 e. The molecule has 0 amide bonds. The molecule has 0 bridgehead atoms. The molecule has 0 N–H and O–H groups in total. The van der Waals surface area contributed by atoms with Crippen LogP contribution in [0.5, 0.6) is 0 Å². The Morgan fingerprint density at radius 1 is 1.35 bits per heavy atom. The predicted molar refractivity (Wildman–Crippen MR) is 77.8 cm³/mol. The van der Waals surface area contributed by atoms with Gasteiger partial charge in [-0.15, -0.1) is 6.58 Å². The molecule has 0 saturated carbocycles. The number of rotatable bonds is 5. The van der Waals surface area contributed by atoms with Gasteiger partial charge >= 0.3 is 0 Å². The third kappa shape index (κ3) is 2.96. The standard InChI is InChI=1S/C15H22N2/c1-7-10-15(2,3)13-11-12(17(5)6)8-9-14(13)16-4/h7-9,11H,1,4,10H2,2-3,5-6H3. The molecule has 2 heteroatoms. The van der Waals surface area contributed by atoms with Crippen LogP contribution in [-0.2, 0) is 5.41 Å². The van der Waals surface area contributed by atoms with Crippen LogP contribution in [0, 0.1) is 0 Å². The second-order valence-corrected chi connectivity index (χ2v) is 5.13. The van der Waals surface area contributed by atoms with Crippen molar-refractivity contribution in [2.45, 2.75) is 25.7 Å². The smallest absolute Gasteiger partial charge is 0.0661 e. The first kappa shape index (κ1) is 13.5. The normalized spacial score (nSPS) is 11.1. The van der Waals surface area contributed by atoms with E-state index in [1.807, 2.05) is 26.2 Å². The zero-order valence-corrected chi connectivity index (χ0v) is 11.3. The van der Waals surface area contributed by atoms with Gasteiger partial charge in [-0.1, -0.05) is 19.9 Å². The van der Waals surface area contributed by atoms with Gasteiger partial charge in [-0.25, -0.2) is 0 Å². The van der Waals surface area contributed by atoms with E-state index < -0.39 is 0 Å². The number of aliphatic imine (C=N–C) groups is 1. The van der Waals surface area contributed by atoms with Crippen molar-refractivity contribution in [3.8, 4) is 0 Å². The van der Waals surface area contributed by atoms with Crippen LogP contribution in [0.4, 0.5) is 11.4 Å². The first-order valence-corrected chi connectivity index (χ1v) is 5.82. The molecule has 0 fully saturated rings. The molecule has 2 nitrogen and oxygen atoms in total. The quantitative estimate of drug-likeness (QED) is 0.552. The van der Waals surface area contributed by atoms with Gasteiger partial charge in [0, 0.05) is 19.8 Å². The van der Waals surface area contributed by atoms with Crippen molar-refractivity contribution in [3.63, 3.8) is 0 Å². The van der Waals surface area contributed by atoms with E-state index in [9.17, 15) is 0 Å². The van der Waals surface area contributed by atoms with Gasteiger partial charge in [0.15, 0.2) is 0 Å². The van der Waals surface area contributed by atoms with E-state index in [0.29, 0.717) is 0 Å². The molecular weight excluding hydrogens is 208 g/mol. The van der Waals surface area contributed by atoms with Crippen LogP contribution in [0.1, 0.15) is 25.8 Å². The maximum Gasteiger partial charge on any atom is 0.0661 e. The summed E-state index contributed by atoms with van der Waals surface area (Å²) >= 11 is 0. The number of nitrogens with zero attached hydrogens (tertiary/aromatic N) is 2. The van der Waals surface area contributed by atoms with E-state index in [4.69, 9.17) is 0 Å². The average Bonchev–Trinajstić information content (AvgIpc) is 2.28. The lowest BCUT2D eigenvalue weighted by Gasteiger charge is -2.27. The van der Waals surface area contributed by atoms with Gasteiger partial charge in [0.25, 0.3) is 0 Å². The Balaban J connectivity index is 3.32. The summed E-state index contributed by atoms with van der Waals surface area (Å²) in [6.07, 6.45) is 2.88. The summed E-state index contributed by atoms with van der Waals surface area (Å²) in [5.41, 5.74) is 3.40. The highest BCUT2D eigenvalue weighted by Gasteiger charge is 2.22. The van der Waals surface area contributed by atoms with Crippen molar-refractivity contribution in [1.29, 1.82) is 0 Å². The van der Waals surface area contributed by atoms with Crippen molar-refractivity contribution >= 4 is 18.1 Å². The summed E-state index contributed by atoms with van der Waals surface area (Å²) < 4.78 is 0. The van der Waals surface area contributed by atoms with Crippen molar-refractivity contribution in [3.05, 3.63) is 36.4 Å². The Morgan fingerprint density at radius 2 is 2.00 bits per heavy atom. The van der Waals surface area contributed by atoms with E-state index in [1.165, 1.54) is 11.3 Å². The molecule has 0 aliphatic rings. The highest BCUT2D eigenvalue weighted by molar-refractivity contribution is 5.62. The first-order chi connectivity index (χ1) is 7.92. The maximum absolute atomic E-state index is 4.12. The van der Waals surface area contributed by atoms with E-state index in [1.54, 1.807) is 0 Å². The fourth-order valence-electron chi connectivity index (χ4n) is 1.95. The summed E-state index contributed by atoms with van der Waals surface area (Å²) in [7, 11) is 4.08. The van der Waals surface area contributed by atoms with Crippen LogP contribution < -0.4 is 4.90 Å². The lowest BCUT2D eigenvalue weighted by Crippen LogP contribution is -2.17. The summed E-state index contributed by atoms with van der Waals surface area (Å²) in [5.74, 6) is 0. The fourth-order valence-corrected chi connectivity index (χ4v) is 1.95. The van der Waals surface area contributed by atoms with Crippen molar-refractivity contribution in [2.75, 3.05) is 19.0 Å². The molecule has 0 aliphatic heterocycles. The highest BCUT2D eigenvalue weighted by atomic mass is 15.1. The third-order valence-corrected chi connectivity index (χ3v) is 3.05. The Morgan fingerprint density at radius 3 is 2.47 bits per heavy atom. The van der Waals surface area contributed by atoms with Gasteiger partial charge in [-0.05, 0) is 42.3 Å². The molecule has 0 radical (unpaired) electrons. The Bertz CT molecular complexity index is 417. The molecule has 0 atom stereocenters. The molecule has 92 valence electrons. The lowest BCUT2D eigenvalue weighted by molar-refractivity contribution is 0.536. The molecule has 0 unspecified atom stereocenters. The Labute approximate surface area is 105 Å². The molecule has 0 heterocycles. The lowest BCUT2D eigenvalue weighted by atomic mass is 9.80.